The van der Waals surface area contributed by atoms with Crippen molar-refractivity contribution in [2.75, 3.05) is 0 Å². The van der Waals surface area contributed by atoms with Gasteiger partial charge in [0.15, 0.2) is 0 Å². The molecule has 0 saturated heterocycles. The van der Waals surface area contributed by atoms with Gasteiger partial charge in [-0.25, -0.2) is 0 Å². The normalized spacial score (nSPS) is 18.0. The molecule has 13 heavy (non-hydrogen) atoms. The molecule has 1 aliphatic heterocycles. The maximum atomic E-state index is 11.7. The van der Waals surface area contributed by atoms with Crippen molar-refractivity contribution in [2.24, 2.45) is 10.1 Å². The third kappa shape index (κ3) is 2.10. The zero-order valence-electron chi connectivity index (χ0n) is 5.61. The van der Waals surface area contributed by atoms with Gasteiger partial charge in [-0.3, -0.25) is 0 Å². The molecular formula is C4F6N3. The van der Waals surface area contributed by atoms with E-state index in [4.69, 9.17) is 0 Å². The lowest BCUT2D eigenvalue weighted by Gasteiger charge is -2.01. The molecule has 0 spiro atoms. The predicted molar refractivity (Wildman–Crippen MR) is 29.1 cm³/mol. The molecule has 0 aromatic heterocycles. The number of hydrogen-bond acceptors (Lipinski definition) is 2. The molecule has 0 N–H and O–H groups in total. The molecule has 9 heteroatoms. The van der Waals surface area contributed by atoms with Crippen molar-refractivity contribution in [3.8, 4) is 0 Å². The Morgan fingerprint density at radius 3 is 1.46 bits per heavy atom. The molecule has 0 amide bonds. The second-order valence-electron chi connectivity index (χ2n) is 1.95. The maximum Gasteiger partial charge on any atom is 0.453 e. The van der Waals surface area contributed by atoms with Gasteiger partial charge in [-0.2, -0.15) is 31.3 Å². The van der Waals surface area contributed by atoms with E-state index in [0.29, 0.717) is 0 Å². The molecule has 0 fully saturated rings. The van der Waals surface area contributed by atoms with Crippen LogP contribution in [0.15, 0.2) is 10.1 Å². The van der Waals surface area contributed by atoms with Crippen LogP contribution in [0.3, 0.4) is 0 Å². The van der Waals surface area contributed by atoms with Crippen LogP contribution in [-0.2, 0) is 0 Å². The largest absolute Gasteiger partial charge is 0.453 e. The van der Waals surface area contributed by atoms with Crippen LogP contribution in [0, 0.1) is 0 Å². The van der Waals surface area contributed by atoms with Gasteiger partial charge >= 0.3 is 12.4 Å². The van der Waals surface area contributed by atoms with E-state index in [9.17, 15) is 26.3 Å². The molecule has 0 aromatic rings. The number of alkyl halides is 6. The SMILES string of the molecule is FC(F)(F)C1=NC(C(F)(F)F)=N[N]1. The molecule has 0 saturated carbocycles. The summed E-state index contributed by atoms with van der Waals surface area (Å²) in [5, 5.41) is 2.25. The van der Waals surface area contributed by atoms with Crippen LogP contribution >= 0.6 is 0 Å². The summed E-state index contributed by atoms with van der Waals surface area (Å²) in [5.74, 6) is -3.78. The molecule has 0 unspecified atom stereocenters. The molecule has 73 valence electrons. The van der Waals surface area contributed by atoms with Crippen LogP contribution in [0.1, 0.15) is 0 Å². The molecule has 3 nitrogen and oxygen atoms in total. The van der Waals surface area contributed by atoms with E-state index in [1.165, 1.54) is 0 Å². The molecular weight excluding hydrogens is 204 g/mol. The van der Waals surface area contributed by atoms with Crippen LogP contribution < -0.4 is 5.43 Å². The molecule has 0 aromatic carbocycles. The van der Waals surface area contributed by atoms with Crippen LogP contribution in [0.25, 0.3) is 0 Å². The zero-order valence-corrected chi connectivity index (χ0v) is 5.61. The second kappa shape index (κ2) is 2.60. The smallest absolute Gasteiger partial charge is 0.197 e. The van der Waals surface area contributed by atoms with Gasteiger partial charge < -0.3 is 0 Å². The van der Waals surface area contributed by atoms with Gasteiger partial charge in [-0.1, -0.05) is 0 Å². The number of halogens is 6. The van der Waals surface area contributed by atoms with Crippen molar-refractivity contribution in [3.05, 3.63) is 0 Å². The third-order valence-corrected chi connectivity index (χ3v) is 0.958. The van der Waals surface area contributed by atoms with Crippen molar-refractivity contribution >= 4 is 11.7 Å². The van der Waals surface area contributed by atoms with Gasteiger partial charge in [-0.05, 0) is 0 Å². The summed E-state index contributed by atoms with van der Waals surface area (Å²) in [6.45, 7) is 0. The fourth-order valence-corrected chi connectivity index (χ4v) is 0.480. The highest BCUT2D eigenvalue weighted by Gasteiger charge is 2.46. The minimum Gasteiger partial charge on any atom is -0.197 e. The summed E-state index contributed by atoms with van der Waals surface area (Å²) in [7, 11) is 0. The van der Waals surface area contributed by atoms with Gasteiger partial charge in [0.25, 0.3) is 11.7 Å². The third-order valence-electron chi connectivity index (χ3n) is 0.958. The average Bonchev–Trinajstić information content (AvgIpc) is 2.28. The van der Waals surface area contributed by atoms with E-state index in [1.807, 2.05) is 0 Å². The Bertz CT molecular complexity index is 271. The lowest BCUT2D eigenvalue weighted by molar-refractivity contribution is -0.0620. The van der Waals surface area contributed by atoms with E-state index in [0.717, 1.165) is 0 Å². The van der Waals surface area contributed by atoms with E-state index in [1.54, 1.807) is 0 Å². The summed E-state index contributed by atoms with van der Waals surface area (Å²) < 4.78 is 69.9. The van der Waals surface area contributed by atoms with Crippen LogP contribution in [0.2, 0.25) is 0 Å². The number of nitrogens with zero attached hydrogens (tertiary/aromatic N) is 3. The summed E-state index contributed by atoms with van der Waals surface area (Å²) in [6, 6.07) is 0. The zero-order chi connectivity index (χ0) is 10.3. The number of hydrogen-bond donors (Lipinski definition) is 0. The van der Waals surface area contributed by atoms with Crippen molar-refractivity contribution in [2.45, 2.75) is 12.4 Å². The minimum absolute atomic E-state index is 1.89. The molecule has 0 atom stereocenters. The standard InChI is InChI=1S/C4F6N3/c5-3(6,7)1-11-2(13-12-1)4(8,9)10. The Balaban J connectivity index is 2.84. The summed E-state index contributed by atoms with van der Waals surface area (Å²) in [6.07, 6.45) is -10.0. The van der Waals surface area contributed by atoms with E-state index in [2.05, 4.69) is 15.5 Å². The quantitative estimate of drug-likeness (QED) is 0.535. The van der Waals surface area contributed by atoms with Crippen LogP contribution in [0.5, 0.6) is 0 Å². The number of amidine groups is 2. The Morgan fingerprint density at radius 2 is 1.23 bits per heavy atom. The average molecular weight is 204 g/mol. The Labute approximate surface area is 67.1 Å². The highest BCUT2D eigenvalue weighted by Crippen LogP contribution is 2.24. The van der Waals surface area contributed by atoms with Crippen molar-refractivity contribution < 1.29 is 26.3 Å². The van der Waals surface area contributed by atoms with Crippen molar-refractivity contribution in [1.29, 1.82) is 0 Å². The Morgan fingerprint density at radius 1 is 0.769 bits per heavy atom. The first kappa shape index (κ1) is 9.81. The van der Waals surface area contributed by atoms with Crippen molar-refractivity contribution in [1.82, 2.24) is 5.43 Å². The number of aliphatic imine (C=N–C) groups is 1. The Kier molecular flexibility index (Phi) is 1.96. The topological polar surface area (TPSA) is 38.8 Å². The second-order valence-corrected chi connectivity index (χ2v) is 1.95. The first-order valence-electron chi connectivity index (χ1n) is 2.73. The van der Waals surface area contributed by atoms with Gasteiger partial charge in [0, 0.05) is 0 Å². The van der Waals surface area contributed by atoms with E-state index >= 15 is 0 Å². The van der Waals surface area contributed by atoms with Gasteiger partial charge in [0.1, 0.15) is 0 Å². The lowest BCUT2D eigenvalue weighted by atomic mass is 10.5. The van der Waals surface area contributed by atoms with E-state index < -0.39 is 24.0 Å². The molecule has 1 radical (unpaired) electrons. The molecule has 0 bridgehead atoms. The lowest BCUT2D eigenvalue weighted by Crippen LogP contribution is -2.27. The summed E-state index contributed by atoms with van der Waals surface area (Å²) in [4.78, 5) is 2.18. The van der Waals surface area contributed by atoms with Gasteiger partial charge in [0.05, 0.1) is 0 Å². The summed E-state index contributed by atoms with van der Waals surface area (Å²) in [5.41, 5.74) is 2.25. The fraction of sp³-hybridized carbons (Fsp3) is 0.500. The van der Waals surface area contributed by atoms with E-state index in [-0.39, 0.29) is 0 Å². The first-order valence-corrected chi connectivity index (χ1v) is 2.73. The first-order chi connectivity index (χ1) is 5.71. The molecule has 1 heterocycles. The van der Waals surface area contributed by atoms with Crippen LogP contribution in [-0.4, -0.2) is 24.0 Å². The van der Waals surface area contributed by atoms with Crippen molar-refractivity contribution in [3.63, 3.8) is 0 Å². The van der Waals surface area contributed by atoms with Gasteiger partial charge in [-0.15, -0.1) is 10.5 Å². The highest BCUT2D eigenvalue weighted by atomic mass is 19.4. The maximum absolute atomic E-state index is 11.7. The fourth-order valence-electron chi connectivity index (χ4n) is 0.480. The van der Waals surface area contributed by atoms with Crippen LogP contribution in [0.4, 0.5) is 26.3 Å². The molecule has 1 aliphatic rings. The number of rotatable bonds is 0. The van der Waals surface area contributed by atoms with Gasteiger partial charge in [0.2, 0.25) is 0 Å². The molecule has 1 rings (SSSR count). The minimum atomic E-state index is -5.00. The monoisotopic (exact) mass is 204 g/mol. The highest BCUT2D eigenvalue weighted by molar-refractivity contribution is 6.05. The predicted octanol–water partition coefficient (Wildman–Crippen LogP) is 1.44. The Hall–Kier alpha value is -1.28. The summed E-state index contributed by atoms with van der Waals surface area (Å²) >= 11 is 0. The molecule has 0 aliphatic carbocycles.